The Morgan fingerprint density at radius 1 is 1.43 bits per heavy atom. The molecule has 1 heterocycles. The highest BCUT2D eigenvalue weighted by Crippen LogP contribution is 2.23. The second kappa shape index (κ2) is 7.49. The lowest BCUT2D eigenvalue weighted by Crippen LogP contribution is -2.32. The van der Waals surface area contributed by atoms with Crippen LogP contribution in [0.1, 0.15) is 24.2 Å². The van der Waals surface area contributed by atoms with Crippen LogP contribution in [0.2, 0.25) is 4.34 Å². The van der Waals surface area contributed by atoms with Crippen LogP contribution >= 0.6 is 23.1 Å². The highest BCUT2D eigenvalue weighted by Gasteiger charge is 2.26. The summed E-state index contributed by atoms with van der Waals surface area (Å²) in [6, 6.07) is 9.10. The maximum absolute atomic E-state index is 12.4. The van der Waals surface area contributed by atoms with Gasteiger partial charge in [0.25, 0.3) is 0 Å². The second-order valence-corrected chi connectivity index (χ2v) is 5.84. The summed E-state index contributed by atoms with van der Waals surface area (Å²) in [7, 11) is 1.89. The Kier molecular flexibility index (Phi) is 5.67. The molecule has 0 saturated carbocycles. The van der Waals surface area contributed by atoms with E-state index in [1.807, 2.05) is 49.2 Å². The van der Waals surface area contributed by atoms with Crippen LogP contribution in [0.25, 0.3) is 0 Å². The Balaban J connectivity index is 2.10. The van der Waals surface area contributed by atoms with Crippen molar-refractivity contribution in [2.75, 3.05) is 13.6 Å². The summed E-state index contributed by atoms with van der Waals surface area (Å²) < 4.78 is 9.50. The molecule has 2 aromatic rings. The second-order valence-electron chi connectivity index (χ2n) is 4.49. The van der Waals surface area contributed by atoms with Crippen LogP contribution in [-0.2, 0) is 16.1 Å². The van der Waals surface area contributed by atoms with Gasteiger partial charge in [-0.25, -0.2) is 4.79 Å². The third kappa shape index (κ3) is 4.00. The maximum atomic E-state index is 12.4. The SMILES string of the molecule is CCN(C)C(C(=O)OCc1nnsc1Cl)c1ccccc1. The first-order valence-electron chi connectivity index (χ1n) is 6.52. The number of benzene rings is 1. The summed E-state index contributed by atoms with van der Waals surface area (Å²) in [5, 5.41) is 3.83. The first-order chi connectivity index (χ1) is 10.1. The quantitative estimate of drug-likeness (QED) is 0.764. The summed E-state index contributed by atoms with van der Waals surface area (Å²) in [4.78, 5) is 14.3. The van der Waals surface area contributed by atoms with Crippen molar-refractivity contribution in [1.29, 1.82) is 0 Å². The molecule has 0 saturated heterocycles. The minimum absolute atomic E-state index is 0.0368. The fraction of sp³-hybridized carbons (Fsp3) is 0.357. The van der Waals surface area contributed by atoms with Crippen LogP contribution in [-0.4, -0.2) is 34.0 Å². The minimum atomic E-state index is -0.443. The van der Waals surface area contributed by atoms with Gasteiger partial charge in [0, 0.05) is 11.5 Å². The molecule has 0 N–H and O–H groups in total. The fourth-order valence-electron chi connectivity index (χ4n) is 1.89. The van der Waals surface area contributed by atoms with Gasteiger partial charge in [0.05, 0.1) is 0 Å². The predicted molar refractivity (Wildman–Crippen MR) is 82.2 cm³/mol. The van der Waals surface area contributed by atoms with Gasteiger partial charge in [0.1, 0.15) is 22.7 Å². The van der Waals surface area contributed by atoms with Crippen molar-refractivity contribution in [3.05, 3.63) is 45.9 Å². The third-order valence-corrected chi connectivity index (χ3v) is 4.12. The molecule has 0 amide bonds. The van der Waals surface area contributed by atoms with Crippen molar-refractivity contribution in [2.45, 2.75) is 19.6 Å². The number of hydrogen-bond acceptors (Lipinski definition) is 6. The Bertz CT molecular complexity index is 591. The number of hydrogen-bond donors (Lipinski definition) is 0. The lowest BCUT2D eigenvalue weighted by molar-refractivity contribution is -0.151. The van der Waals surface area contributed by atoms with Crippen molar-refractivity contribution in [3.63, 3.8) is 0 Å². The monoisotopic (exact) mass is 325 g/mol. The predicted octanol–water partition coefficient (Wildman–Crippen LogP) is 2.93. The molecule has 1 atom stereocenters. The van der Waals surface area contributed by atoms with Crippen LogP contribution in [0.4, 0.5) is 0 Å². The van der Waals surface area contributed by atoms with E-state index < -0.39 is 6.04 Å². The van der Waals surface area contributed by atoms with Crippen molar-refractivity contribution in [3.8, 4) is 0 Å². The maximum Gasteiger partial charge on any atom is 0.328 e. The van der Waals surface area contributed by atoms with Gasteiger partial charge < -0.3 is 4.74 Å². The van der Waals surface area contributed by atoms with Gasteiger partial charge >= 0.3 is 5.97 Å². The van der Waals surface area contributed by atoms with E-state index in [-0.39, 0.29) is 12.6 Å². The average Bonchev–Trinajstić information content (AvgIpc) is 2.91. The van der Waals surface area contributed by atoms with Crippen LogP contribution in [0.5, 0.6) is 0 Å². The van der Waals surface area contributed by atoms with Gasteiger partial charge in [-0.2, -0.15) is 0 Å². The molecule has 0 radical (unpaired) electrons. The zero-order valence-electron chi connectivity index (χ0n) is 11.8. The topological polar surface area (TPSA) is 55.3 Å². The van der Waals surface area contributed by atoms with E-state index >= 15 is 0 Å². The van der Waals surface area contributed by atoms with Crippen molar-refractivity contribution in [1.82, 2.24) is 14.5 Å². The molecule has 1 unspecified atom stereocenters. The highest BCUT2D eigenvalue weighted by atomic mass is 35.5. The van der Waals surface area contributed by atoms with Crippen LogP contribution in [0.15, 0.2) is 30.3 Å². The number of likely N-dealkylation sites (N-methyl/N-ethyl adjacent to an activating group) is 1. The number of aromatic nitrogens is 2. The lowest BCUT2D eigenvalue weighted by atomic mass is 10.1. The van der Waals surface area contributed by atoms with Crippen molar-refractivity contribution >= 4 is 29.1 Å². The molecule has 0 aliphatic rings. The molecule has 5 nitrogen and oxygen atoms in total. The molecule has 1 aromatic heterocycles. The van der Waals surface area contributed by atoms with Gasteiger partial charge in [-0.05, 0) is 19.2 Å². The van der Waals surface area contributed by atoms with Crippen molar-refractivity contribution in [2.24, 2.45) is 0 Å². The number of carbonyl (C=O) groups is 1. The molecule has 7 heteroatoms. The minimum Gasteiger partial charge on any atom is -0.458 e. The summed E-state index contributed by atoms with van der Waals surface area (Å²) >= 11 is 6.98. The fourth-order valence-corrected chi connectivity index (χ4v) is 2.49. The van der Waals surface area contributed by atoms with Gasteiger partial charge in [-0.15, -0.1) is 5.10 Å². The number of halogens is 1. The number of ether oxygens (including phenoxy) is 1. The van der Waals surface area contributed by atoms with Crippen LogP contribution in [0, 0.1) is 0 Å². The lowest BCUT2D eigenvalue weighted by Gasteiger charge is -2.25. The van der Waals surface area contributed by atoms with Crippen molar-refractivity contribution < 1.29 is 9.53 Å². The van der Waals surface area contributed by atoms with E-state index in [9.17, 15) is 4.79 Å². The Morgan fingerprint density at radius 3 is 2.71 bits per heavy atom. The molecule has 0 aliphatic heterocycles. The molecule has 112 valence electrons. The standard InChI is InChI=1S/C14H16ClN3O2S/c1-3-18(2)12(10-7-5-4-6-8-10)14(19)20-9-11-13(15)21-17-16-11/h4-8,12H,3,9H2,1-2H3. The number of nitrogens with zero attached hydrogens (tertiary/aromatic N) is 3. The molecule has 0 aliphatic carbocycles. The van der Waals surface area contributed by atoms with E-state index in [1.165, 1.54) is 0 Å². The zero-order valence-corrected chi connectivity index (χ0v) is 13.4. The summed E-state index contributed by atoms with van der Waals surface area (Å²) in [5.74, 6) is -0.324. The third-order valence-electron chi connectivity index (χ3n) is 3.14. The van der Waals surface area contributed by atoms with E-state index in [0.717, 1.165) is 23.6 Å². The molecule has 1 aromatic carbocycles. The Hall–Kier alpha value is -1.50. The summed E-state index contributed by atoms with van der Waals surface area (Å²) in [6.07, 6.45) is 0. The number of rotatable bonds is 6. The first-order valence-corrected chi connectivity index (χ1v) is 7.67. The largest absolute Gasteiger partial charge is 0.458 e. The molecule has 2 rings (SSSR count). The van der Waals surface area contributed by atoms with E-state index in [2.05, 4.69) is 9.59 Å². The Labute approximate surface area is 132 Å². The van der Waals surface area contributed by atoms with E-state index in [1.54, 1.807) is 0 Å². The average molecular weight is 326 g/mol. The molecule has 0 bridgehead atoms. The van der Waals surface area contributed by atoms with Gasteiger partial charge in [-0.1, -0.05) is 53.3 Å². The zero-order chi connectivity index (χ0) is 15.2. The summed E-state index contributed by atoms with van der Waals surface area (Å²) in [6.45, 7) is 2.76. The van der Waals surface area contributed by atoms with E-state index in [4.69, 9.17) is 16.3 Å². The number of esters is 1. The molecule has 0 spiro atoms. The highest BCUT2D eigenvalue weighted by molar-refractivity contribution is 7.10. The molecular weight excluding hydrogens is 310 g/mol. The van der Waals surface area contributed by atoms with Gasteiger partial charge in [0.15, 0.2) is 0 Å². The number of carbonyl (C=O) groups excluding carboxylic acids is 1. The van der Waals surface area contributed by atoms with Gasteiger partial charge in [-0.3, -0.25) is 4.90 Å². The van der Waals surface area contributed by atoms with Crippen LogP contribution < -0.4 is 0 Å². The summed E-state index contributed by atoms with van der Waals surface area (Å²) in [5.41, 5.74) is 1.38. The normalized spacial score (nSPS) is 12.4. The smallest absolute Gasteiger partial charge is 0.328 e. The molecule has 0 fully saturated rings. The van der Waals surface area contributed by atoms with Gasteiger partial charge in [0.2, 0.25) is 0 Å². The first kappa shape index (κ1) is 15.9. The molecule has 21 heavy (non-hydrogen) atoms. The Morgan fingerprint density at radius 2 is 2.14 bits per heavy atom. The van der Waals surface area contributed by atoms with E-state index in [0.29, 0.717) is 10.0 Å². The van der Waals surface area contributed by atoms with Crippen LogP contribution in [0.3, 0.4) is 0 Å². The molecular formula is C14H16ClN3O2S.